The van der Waals surface area contributed by atoms with E-state index in [4.69, 9.17) is 5.26 Å². The number of sulfonamides is 1. The summed E-state index contributed by atoms with van der Waals surface area (Å²) in [5, 5.41) is 11.6. The molecule has 2 aromatic carbocycles. The normalized spacial score (nSPS) is 16.4. The number of nitrogens with one attached hydrogen (secondary N) is 1. The first kappa shape index (κ1) is 31.6. The van der Waals surface area contributed by atoms with Crippen LogP contribution in [0.2, 0.25) is 0 Å². The highest BCUT2D eigenvalue weighted by Gasteiger charge is 2.41. The van der Waals surface area contributed by atoms with Gasteiger partial charge in [-0.15, -0.1) is 13.2 Å². The number of rotatable bonds is 9. The first-order valence-electron chi connectivity index (χ1n) is 12.8. The molecule has 1 atom stereocenters. The van der Waals surface area contributed by atoms with E-state index in [1.54, 1.807) is 4.90 Å². The summed E-state index contributed by atoms with van der Waals surface area (Å²) in [5.74, 6) is -4.05. The molecule has 228 valence electrons. The third-order valence-electron chi connectivity index (χ3n) is 6.66. The third kappa shape index (κ3) is 7.54. The predicted molar refractivity (Wildman–Crippen MR) is 142 cm³/mol. The molecule has 0 saturated carbocycles. The number of aromatic nitrogens is 2. The highest BCUT2D eigenvalue weighted by atomic mass is 32.2. The number of carbonyl (C=O) groups excluding carboxylic acids is 1. The SMILES string of the molecule is CCC(F)(F)c1ccc(CNC(=O)[C@H]2CN(c3cnc(C#N)cn3)CCN2S(=O)(=O)c2ccc(OC(F)(F)F)cc2)cc1. The van der Waals surface area contributed by atoms with Crippen LogP contribution < -0.4 is 15.0 Å². The van der Waals surface area contributed by atoms with Crippen molar-refractivity contribution < 1.29 is 39.9 Å². The first-order valence-corrected chi connectivity index (χ1v) is 14.3. The number of ether oxygens (including phenoxy) is 1. The van der Waals surface area contributed by atoms with E-state index in [9.17, 15) is 35.2 Å². The van der Waals surface area contributed by atoms with Crippen LogP contribution in [0.5, 0.6) is 5.75 Å². The van der Waals surface area contributed by atoms with Crippen molar-refractivity contribution >= 4 is 21.7 Å². The maximum absolute atomic E-state index is 14.0. The minimum absolute atomic E-state index is 0.0555. The average molecular weight is 625 g/mol. The van der Waals surface area contributed by atoms with Crippen LogP contribution >= 0.6 is 0 Å². The van der Waals surface area contributed by atoms with Gasteiger partial charge in [-0.1, -0.05) is 31.2 Å². The van der Waals surface area contributed by atoms with E-state index < -0.39 is 40.0 Å². The lowest BCUT2D eigenvalue weighted by Gasteiger charge is -2.40. The molecule has 10 nitrogen and oxygen atoms in total. The van der Waals surface area contributed by atoms with Crippen molar-refractivity contribution in [1.82, 2.24) is 19.6 Å². The minimum Gasteiger partial charge on any atom is -0.406 e. The summed E-state index contributed by atoms with van der Waals surface area (Å²) in [6, 6.07) is 9.45. The van der Waals surface area contributed by atoms with Crippen LogP contribution in [0.15, 0.2) is 65.8 Å². The van der Waals surface area contributed by atoms with Gasteiger partial charge in [0.15, 0.2) is 5.69 Å². The molecule has 1 aliphatic heterocycles. The average Bonchev–Trinajstić information content (AvgIpc) is 2.99. The van der Waals surface area contributed by atoms with Crippen molar-refractivity contribution in [3.8, 4) is 11.8 Å². The standard InChI is InChI=1S/C27H25F5N6O4S/c1-2-26(28,29)19-5-3-18(4-6-19)14-36-25(39)23-17-37(24-16-34-20(13-33)15-35-24)11-12-38(23)43(40,41)22-9-7-21(8-10-22)42-27(30,31)32/h3-10,15-16,23H,2,11-12,14,17H2,1H3,(H,36,39)/t23-/m1/s1. The highest BCUT2D eigenvalue weighted by Crippen LogP contribution is 2.31. The number of hydrogen-bond donors (Lipinski definition) is 1. The Balaban J connectivity index is 1.57. The van der Waals surface area contributed by atoms with Crippen LogP contribution in [0.4, 0.5) is 27.8 Å². The van der Waals surface area contributed by atoms with Gasteiger partial charge in [-0.2, -0.15) is 9.57 Å². The Morgan fingerprint density at radius 3 is 2.28 bits per heavy atom. The van der Waals surface area contributed by atoms with Gasteiger partial charge in [-0.3, -0.25) is 4.79 Å². The summed E-state index contributed by atoms with van der Waals surface area (Å²) in [4.78, 5) is 22.8. The van der Waals surface area contributed by atoms with Gasteiger partial charge < -0.3 is 15.0 Å². The molecule has 1 aliphatic rings. The molecule has 1 fully saturated rings. The first-order chi connectivity index (χ1) is 20.2. The number of amides is 1. The van der Waals surface area contributed by atoms with Crippen molar-refractivity contribution in [3.63, 3.8) is 0 Å². The van der Waals surface area contributed by atoms with Gasteiger partial charge in [0.25, 0.3) is 5.92 Å². The minimum atomic E-state index is -4.97. The molecule has 0 radical (unpaired) electrons. The van der Waals surface area contributed by atoms with Gasteiger partial charge >= 0.3 is 6.36 Å². The quantitative estimate of drug-likeness (QED) is 0.355. The maximum atomic E-state index is 14.0. The summed E-state index contributed by atoms with van der Waals surface area (Å²) in [6.45, 7) is 0.953. The summed E-state index contributed by atoms with van der Waals surface area (Å²) in [7, 11) is -4.39. The lowest BCUT2D eigenvalue weighted by Crippen LogP contribution is -2.60. The van der Waals surface area contributed by atoms with E-state index >= 15 is 0 Å². The Morgan fingerprint density at radius 2 is 1.72 bits per heavy atom. The number of piperazine rings is 1. The summed E-state index contributed by atoms with van der Waals surface area (Å²) in [5.41, 5.74) is 0.365. The Labute approximate surface area is 243 Å². The summed E-state index contributed by atoms with van der Waals surface area (Å²) < 4.78 is 97.5. The van der Waals surface area contributed by atoms with E-state index in [-0.39, 0.29) is 54.6 Å². The lowest BCUT2D eigenvalue weighted by molar-refractivity contribution is -0.274. The molecule has 0 unspecified atom stereocenters. The summed E-state index contributed by atoms with van der Waals surface area (Å²) in [6.07, 6.45) is -2.81. The number of alkyl halides is 5. The fourth-order valence-electron chi connectivity index (χ4n) is 4.34. The zero-order valence-corrected chi connectivity index (χ0v) is 23.4. The molecule has 3 aromatic rings. The smallest absolute Gasteiger partial charge is 0.406 e. The molecule has 0 bridgehead atoms. The molecular weight excluding hydrogens is 599 g/mol. The largest absolute Gasteiger partial charge is 0.573 e. The van der Waals surface area contributed by atoms with Gasteiger partial charge in [-0.05, 0) is 29.8 Å². The monoisotopic (exact) mass is 624 g/mol. The highest BCUT2D eigenvalue weighted by molar-refractivity contribution is 7.89. The molecule has 2 heterocycles. The second-order valence-corrected chi connectivity index (χ2v) is 11.3. The van der Waals surface area contributed by atoms with Gasteiger partial charge in [0.05, 0.1) is 17.3 Å². The second kappa shape index (κ2) is 12.5. The number of hydrogen-bond acceptors (Lipinski definition) is 8. The fraction of sp³-hybridized carbons (Fsp3) is 0.333. The molecule has 16 heteroatoms. The number of nitrogens with zero attached hydrogens (tertiary/aromatic N) is 5. The molecule has 1 N–H and O–H groups in total. The molecule has 43 heavy (non-hydrogen) atoms. The lowest BCUT2D eigenvalue weighted by atomic mass is 10.0. The van der Waals surface area contributed by atoms with Gasteiger partial charge in [0, 0.05) is 38.2 Å². The Morgan fingerprint density at radius 1 is 1.05 bits per heavy atom. The van der Waals surface area contributed by atoms with Gasteiger partial charge in [0.1, 0.15) is 23.7 Å². The van der Waals surface area contributed by atoms with Crippen LogP contribution in [0.3, 0.4) is 0 Å². The van der Waals surface area contributed by atoms with Crippen LogP contribution in [-0.2, 0) is 27.3 Å². The van der Waals surface area contributed by atoms with E-state index in [2.05, 4.69) is 20.0 Å². The van der Waals surface area contributed by atoms with Crippen molar-refractivity contribution in [2.75, 3.05) is 24.5 Å². The Kier molecular flexibility index (Phi) is 9.16. The molecule has 4 rings (SSSR count). The second-order valence-electron chi connectivity index (χ2n) is 9.44. The molecular formula is C27H25F5N6O4S. The topological polar surface area (TPSA) is 129 Å². The van der Waals surface area contributed by atoms with Gasteiger partial charge in [-0.25, -0.2) is 27.2 Å². The molecule has 0 spiro atoms. The van der Waals surface area contributed by atoms with Crippen LogP contribution in [0.1, 0.15) is 30.2 Å². The zero-order chi connectivity index (χ0) is 31.4. The Hall–Kier alpha value is -4.36. The molecule has 1 aromatic heterocycles. The fourth-order valence-corrected chi connectivity index (χ4v) is 5.91. The third-order valence-corrected chi connectivity index (χ3v) is 8.58. The van der Waals surface area contributed by atoms with Crippen molar-refractivity contribution in [3.05, 3.63) is 77.7 Å². The number of carbonyl (C=O) groups is 1. The predicted octanol–water partition coefficient (Wildman–Crippen LogP) is 3.94. The van der Waals surface area contributed by atoms with Crippen molar-refractivity contribution in [2.45, 2.75) is 43.1 Å². The number of nitriles is 1. The van der Waals surface area contributed by atoms with E-state index in [0.717, 1.165) is 28.6 Å². The van der Waals surface area contributed by atoms with Crippen LogP contribution in [0.25, 0.3) is 0 Å². The number of halogens is 5. The number of anilines is 1. The van der Waals surface area contributed by atoms with Crippen molar-refractivity contribution in [2.24, 2.45) is 0 Å². The Bertz CT molecular complexity index is 1580. The molecule has 1 saturated heterocycles. The van der Waals surface area contributed by atoms with E-state index in [1.165, 1.54) is 43.6 Å². The van der Waals surface area contributed by atoms with Crippen LogP contribution in [0, 0.1) is 11.3 Å². The van der Waals surface area contributed by atoms with Crippen LogP contribution in [-0.4, -0.2) is 60.6 Å². The molecule has 1 amide bonds. The number of benzene rings is 2. The maximum Gasteiger partial charge on any atom is 0.573 e. The zero-order valence-electron chi connectivity index (χ0n) is 22.6. The van der Waals surface area contributed by atoms with E-state index in [0.29, 0.717) is 5.56 Å². The van der Waals surface area contributed by atoms with E-state index in [1.807, 2.05) is 6.07 Å². The molecule has 0 aliphatic carbocycles. The summed E-state index contributed by atoms with van der Waals surface area (Å²) >= 11 is 0. The van der Waals surface area contributed by atoms with Gasteiger partial charge in [0.2, 0.25) is 15.9 Å². The van der Waals surface area contributed by atoms with Crippen molar-refractivity contribution in [1.29, 1.82) is 5.26 Å².